The molecule has 2 N–H and O–H groups in total. The molecule has 80 valence electrons. The summed E-state index contributed by atoms with van der Waals surface area (Å²) >= 11 is 0. The van der Waals surface area contributed by atoms with Crippen molar-refractivity contribution in [2.24, 2.45) is 0 Å². The fourth-order valence-electron chi connectivity index (χ4n) is 1.01. The molecule has 0 saturated carbocycles. The third kappa shape index (κ3) is 3.14. The lowest BCUT2D eigenvalue weighted by molar-refractivity contribution is 0.0691. The summed E-state index contributed by atoms with van der Waals surface area (Å²) in [4.78, 5) is 14.3. The molecule has 0 aliphatic carbocycles. The van der Waals surface area contributed by atoms with Crippen molar-refractivity contribution in [3.8, 4) is 0 Å². The normalized spacial score (nSPS) is 10.8. The smallest absolute Gasteiger partial charge is 0.338 e. The minimum Gasteiger partial charge on any atom is -0.478 e. The number of likely N-dealkylation sites (N-methyl/N-ethyl adjacent to an activating group) is 1. The quantitative estimate of drug-likeness (QED) is 0.782. The molecule has 1 aromatic heterocycles. The fraction of sp³-hybridized carbons (Fsp3) is 0.200. The Balaban J connectivity index is 2.92. The predicted molar refractivity (Wildman–Crippen MR) is 54.1 cm³/mol. The number of nitrogens with one attached hydrogen (secondary N) is 1. The van der Waals surface area contributed by atoms with Gasteiger partial charge < -0.3 is 10.4 Å². The number of halogens is 1. The van der Waals surface area contributed by atoms with Crippen LogP contribution in [0, 0.1) is 5.82 Å². The van der Waals surface area contributed by atoms with Gasteiger partial charge in [0.2, 0.25) is 0 Å². The summed E-state index contributed by atoms with van der Waals surface area (Å²) in [6.45, 7) is 0.640. The van der Waals surface area contributed by atoms with E-state index in [1.54, 1.807) is 19.2 Å². The van der Waals surface area contributed by atoms with E-state index in [4.69, 9.17) is 5.11 Å². The van der Waals surface area contributed by atoms with Crippen LogP contribution in [0.4, 0.5) is 4.39 Å². The molecular weight excluding hydrogens is 199 g/mol. The summed E-state index contributed by atoms with van der Waals surface area (Å²) < 4.78 is 12.9. The maximum absolute atomic E-state index is 12.9. The molecule has 0 fully saturated rings. The van der Waals surface area contributed by atoms with Gasteiger partial charge in [0, 0.05) is 6.54 Å². The van der Waals surface area contributed by atoms with Gasteiger partial charge in [-0.05, 0) is 19.2 Å². The molecule has 0 saturated heterocycles. The fourth-order valence-corrected chi connectivity index (χ4v) is 1.01. The highest BCUT2D eigenvalue weighted by atomic mass is 19.1. The second kappa shape index (κ2) is 5.21. The first-order valence-corrected chi connectivity index (χ1v) is 4.35. The topological polar surface area (TPSA) is 62.2 Å². The Bertz CT molecular complexity index is 391. The lowest BCUT2D eigenvalue weighted by Crippen LogP contribution is -2.04. The Labute approximate surface area is 86.5 Å². The van der Waals surface area contributed by atoms with E-state index in [0.29, 0.717) is 12.2 Å². The van der Waals surface area contributed by atoms with Crippen molar-refractivity contribution in [3.63, 3.8) is 0 Å². The van der Waals surface area contributed by atoms with Crippen LogP contribution >= 0.6 is 0 Å². The summed E-state index contributed by atoms with van der Waals surface area (Å²) in [6, 6.07) is 1.20. The summed E-state index contributed by atoms with van der Waals surface area (Å²) in [5.41, 5.74) is 0.0538. The van der Waals surface area contributed by atoms with Crippen LogP contribution in [-0.4, -0.2) is 29.7 Å². The molecule has 0 aliphatic heterocycles. The average Bonchev–Trinajstić information content (AvgIpc) is 2.20. The molecule has 0 radical (unpaired) electrons. The SMILES string of the molecule is CNCC=Cc1cc(C(=O)O)c(F)cn1. The number of hydrogen-bond donors (Lipinski definition) is 2. The van der Waals surface area contributed by atoms with Crippen LogP contribution in [0.15, 0.2) is 18.3 Å². The van der Waals surface area contributed by atoms with Crippen LogP contribution < -0.4 is 5.32 Å². The van der Waals surface area contributed by atoms with Crippen LogP contribution in [0.3, 0.4) is 0 Å². The lowest BCUT2D eigenvalue weighted by Gasteiger charge is -1.98. The second-order valence-electron chi connectivity index (χ2n) is 2.85. The molecule has 0 atom stereocenters. The maximum Gasteiger partial charge on any atom is 0.338 e. The molecule has 15 heavy (non-hydrogen) atoms. The molecule has 0 unspecified atom stereocenters. The number of hydrogen-bond acceptors (Lipinski definition) is 3. The number of carboxylic acids is 1. The minimum absolute atomic E-state index is 0.367. The number of carbonyl (C=O) groups is 1. The lowest BCUT2D eigenvalue weighted by atomic mass is 10.2. The Kier molecular flexibility index (Phi) is 3.93. The van der Waals surface area contributed by atoms with Crippen LogP contribution in [-0.2, 0) is 0 Å². The van der Waals surface area contributed by atoms with Gasteiger partial charge in [0.05, 0.1) is 17.5 Å². The van der Waals surface area contributed by atoms with Crippen molar-refractivity contribution in [1.82, 2.24) is 10.3 Å². The molecule has 0 aromatic carbocycles. The van der Waals surface area contributed by atoms with Gasteiger partial charge in [-0.25, -0.2) is 9.18 Å². The second-order valence-corrected chi connectivity index (χ2v) is 2.85. The van der Waals surface area contributed by atoms with Crippen LogP contribution in [0.25, 0.3) is 6.08 Å². The van der Waals surface area contributed by atoms with Gasteiger partial charge in [-0.1, -0.05) is 6.08 Å². The molecule has 1 heterocycles. The number of aromatic nitrogens is 1. The molecule has 4 nitrogen and oxygen atoms in total. The van der Waals surface area contributed by atoms with Crippen molar-refractivity contribution >= 4 is 12.0 Å². The first-order valence-electron chi connectivity index (χ1n) is 4.35. The molecule has 0 aliphatic rings. The standard InChI is InChI=1S/C10H11FN2O2/c1-12-4-2-3-7-5-8(10(14)15)9(11)6-13-7/h2-3,5-6,12H,4H2,1H3,(H,14,15). The summed E-state index contributed by atoms with van der Waals surface area (Å²) in [5.74, 6) is -2.12. The molecule has 1 aromatic rings. The maximum atomic E-state index is 12.9. The Morgan fingerprint density at radius 2 is 2.47 bits per heavy atom. The van der Waals surface area contributed by atoms with E-state index < -0.39 is 11.8 Å². The Hall–Kier alpha value is -1.75. The Morgan fingerprint density at radius 3 is 3.07 bits per heavy atom. The number of pyridine rings is 1. The number of rotatable bonds is 4. The van der Waals surface area contributed by atoms with E-state index in [0.717, 1.165) is 6.20 Å². The first kappa shape index (κ1) is 11.3. The number of carboxylic acid groups (broad SMARTS) is 1. The zero-order chi connectivity index (χ0) is 11.3. The van der Waals surface area contributed by atoms with Crippen molar-refractivity contribution in [2.75, 3.05) is 13.6 Å². The monoisotopic (exact) mass is 210 g/mol. The highest BCUT2D eigenvalue weighted by Crippen LogP contribution is 2.08. The van der Waals surface area contributed by atoms with E-state index in [-0.39, 0.29) is 5.56 Å². The van der Waals surface area contributed by atoms with Gasteiger partial charge in [0.1, 0.15) is 0 Å². The van der Waals surface area contributed by atoms with Gasteiger partial charge in [0.25, 0.3) is 0 Å². The first-order chi connectivity index (χ1) is 7.15. The van der Waals surface area contributed by atoms with Gasteiger partial charge in [0.15, 0.2) is 5.82 Å². The zero-order valence-electron chi connectivity index (χ0n) is 8.20. The summed E-state index contributed by atoms with van der Waals surface area (Å²) in [7, 11) is 1.78. The van der Waals surface area contributed by atoms with Crippen molar-refractivity contribution < 1.29 is 14.3 Å². The molecular formula is C10H11FN2O2. The van der Waals surface area contributed by atoms with Crippen LogP contribution in [0.2, 0.25) is 0 Å². The van der Waals surface area contributed by atoms with Gasteiger partial charge in [-0.2, -0.15) is 0 Å². The minimum atomic E-state index is -1.29. The molecule has 5 heteroatoms. The van der Waals surface area contributed by atoms with E-state index in [2.05, 4.69) is 10.3 Å². The van der Waals surface area contributed by atoms with Crippen molar-refractivity contribution in [2.45, 2.75) is 0 Å². The van der Waals surface area contributed by atoms with E-state index in [9.17, 15) is 9.18 Å². The highest BCUT2D eigenvalue weighted by Gasteiger charge is 2.10. The highest BCUT2D eigenvalue weighted by molar-refractivity contribution is 5.88. The number of nitrogens with zero attached hydrogens (tertiary/aromatic N) is 1. The third-order valence-corrected chi connectivity index (χ3v) is 1.72. The predicted octanol–water partition coefficient (Wildman–Crippen LogP) is 1.15. The molecule has 0 spiro atoms. The average molecular weight is 210 g/mol. The summed E-state index contributed by atoms with van der Waals surface area (Å²) in [5, 5.41) is 11.5. The van der Waals surface area contributed by atoms with Crippen LogP contribution in [0.1, 0.15) is 16.1 Å². The Morgan fingerprint density at radius 1 is 1.73 bits per heavy atom. The largest absolute Gasteiger partial charge is 0.478 e. The van der Waals surface area contributed by atoms with Crippen molar-refractivity contribution in [3.05, 3.63) is 35.4 Å². The number of aromatic carboxylic acids is 1. The van der Waals surface area contributed by atoms with E-state index >= 15 is 0 Å². The van der Waals surface area contributed by atoms with E-state index in [1.807, 2.05) is 0 Å². The molecule has 0 bridgehead atoms. The van der Waals surface area contributed by atoms with Crippen LogP contribution in [0.5, 0.6) is 0 Å². The zero-order valence-corrected chi connectivity index (χ0v) is 8.20. The summed E-state index contributed by atoms with van der Waals surface area (Å²) in [6.07, 6.45) is 4.30. The molecule has 0 amide bonds. The van der Waals surface area contributed by atoms with E-state index in [1.165, 1.54) is 6.07 Å². The van der Waals surface area contributed by atoms with Gasteiger partial charge in [-0.3, -0.25) is 4.98 Å². The van der Waals surface area contributed by atoms with Crippen molar-refractivity contribution in [1.29, 1.82) is 0 Å². The molecule has 1 rings (SSSR count). The van der Waals surface area contributed by atoms with Gasteiger partial charge in [-0.15, -0.1) is 0 Å². The third-order valence-electron chi connectivity index (χ3n) is 1.72. The van der Waals surface area contributed by atoms with Gasteiger partial charge >= 0.3 is 5.97 Å².